The van der Waals surface area contributed by atoms with E-state index in [2.05, 4.69) is 15.8 Å². The molecule has 0 bridgehead atoms. The Hall–Kier alpha value is -2.39. The van der Waals surface area contributed by atoms with Crippen LogP contribution in [0.25, 0.3) is 0 Å². The molecule has 6 nitrogen and oxygen atoms in total. The molecule has 2 N–H and O–H groups in total. The van der Waals surface area contributed by atoms with Crippen molar-refractivity contribution < 1.29 is 27.5 Å². The quantitative estimate of drug-likeness (QED) is 0.425. The Kier molecular flexibility index (Phi) is 7.80. The highest BCUT2D eigenvalue weighted by Gasteiger charge is 2.30. The fourth-order valence-electron chi connectivity index (χ4n) is 2.77. The van der Waals surface area contributed by atoms with Gasteiger partial charge >= 0.3 is 6.18 Å². The number of nitrogens with zero attached hydrogens (tertiary/aromatic N) is 1. The van der Waals surface area contributed by atoms with Gasteiger partial charge in [-0.15, -0.1) is 0 Å². The Labute approximate surface area is 168 Å². The third kappa shape index (κ3) is 6.86. The van der Waals surface area contributed by atoms with Gasteiger partial charge in [0.15, 0.2) is 5.84 Å². The van der Waals surface area contributed by atoms with Gasteiger partial charge in [0.25, 0.3) is 0 Å². The smallest absolute Gasteiger partial charge is 0.384 e. The predicted molar refractivity (Wildman–Crippen MR) is 104 cm³/mol. The van der Waals surface area contributed by atoms with Gasteiger partial charge in [0.2, 0.25) is 0 Å². The van der Waals surface area contributed by atoms with Crippen molar-refractivity contribution in [3.8, 4) is 0 Å². The maximum Gasteiger partial charge on any atom is 0.416 e. The van der Waals surface area contributed by atoms with E-state index in [1.54, 1.807) is 7.11 Å². The molecule has 1 unspecified atom stereocenters. The molecule has 9 heteroatoms. The zero-order valence-corrected chi connectivity index (χ0v) is 16.7. The molecule has 0 aliphatic carbocycles. The first-order valence-electron chi connectivity index (χ1n) is 9.21. The Bertz CT molecular complexity index is 744. The predicted octanol–water partition coefficient (Wildman–Crippen LogP) is 3.95. The molecule has 1 aliphatic rings. The summed E-state index contributed by atoms with van der Waals surface area (Å²) in [5.74, 6) is 0.577. The molecule has 1 aromatic rings. The van der Waals surface area contributed by atoms with Crippen LogP contribution in [0.3, 0.4) is 0 Å². The number of ether oxygens (including phenoxy) is 1. The molecule has 1 aliphatic heterocycles. The van der Waals surface area contributed by atoms with Crippen molar-refractivity contribution >= 4 is 17.8 Å². The van der Waals surface area contributed by atoms with Gasteiger partial charge in [-0.1, -0.05) is 13.8 Å². The van der Waals surface area contributed by atoms with Crippen LogP contribution in [0.5, 0.6) is 0 Å². The average Bonchev–Trinajstić information content (AvgIpc) is 2.60. The molecule has 0 fully saturated rings. The van der Waals surface area contributed by atoms with Gasteiger partial charge in [0.05, 0.1) is 30.5 Å². The highest BCUT2D eigenvalue weighted by molar-refractivity contribution is 5.98. The number of alkyl halides is 3. The number of methoxy groups -OCH3 is 1. The van der Waals surface area contributed by atoms with Crippen molar-refractivity contribution in [2.24, 2.45) is 10.4 Å². The fourth-order valence-corrected chi connectivity index (χ4v) is 2.77. The topological polar surface area (TPSA) is 72.0 Å². The van der Waals surface area contributed by atoms with Crippen LogP contribution in [0.15, 0.2) is 41.0 Å². The van der Waals surface area contributed by atoms with Gasteiger partial charge < -0.3 is 14.8 Å². The molecule has 0 amide bonds. The monoisotopic (exact) mass is 413 g/mol. The van der Waals surface area contributed by atoms with Crippen LogP contribution in [-0.2, 0) is 20.5 Å². The Morgan fingerprint density at radius 2 is 1.86 bits per heavy atom. The van der Waals surface area contributed by atoms with Crippen molar-refractivity contribution in [1.82, 2.24) is 5.48 Å². The van der Waals surface area contributed by atoms with Crippen LogP contribution in [0, 0.1) is 5.41 Å². The van der Waals surface area contributed by atoms with E-state index in [4.69, 9.17) is 9.57 Å². The fraction of sp³-hybridized carbons (Fsp3) is 0.500. The average molecular weight is 413 g/mol. The third-order valence-corrected chi connectivity index (χ3v) is 4.39. The zero-order chi connectivity index (χ0) is 21.5. The van der Waals surface area contributed by atoms with Gasteiger partial charge in [0, 0.05) is 30.7 Å². The van der Waals surface area contributed by atoms with Crippen molar-refractivity contribution in [2.45, 2.75) is 38.9 Å². The van der Waals surface area contributed by atoms with E-state index in [0.29, 0.717) is 31.0 Å². The van der Waals surface area contributed by atoms with Crippen molar-refractivity contribution in [1.29, 1.82) is 0 Å². The number of carbonyl (C=O) groups excluding carboxylic acids is 1. The Morgan fingerprint density at radius 3 is 2.41 bits per heavy atom. The van der Waals surface area contributed by atoms with Gasteiger partial charge in [-0.25, -0.2) is 10.5 Å². The summed E-state index contributed by atoms with van der Waals surface area (Å²) in [6.07, 6.45) is -0.949. The van der Waals surface area contributed by atoms with Crippen LogP contribution in [0.4, 0.5) is 18.9 Å². The van der Waals surface area contributed by atoms with Crippen molar-refractivity contribution in [2.75, 3.05) is 25.6 Å². The summed E-state index contributed by atoms with van der Waals surface area (Å²) in [5, 5.41) is 3.09. The minimum atomic E-state index is -4.38. The number of rotatable bonds is 11. The number of benzene rings is 1. The number of hydroxylamine groups is 1. The number of carbonyl (C=O) groups is 1. The molecule has 0 radical (unpaired) electrons. The lowest BCUT2D eigenvalue weighted by atomic mass is 9.88. The van der Waals surface area contributed by atoms with Crippen molar-refractivity contribution in [3.05, 3.63) is 41.6 Å². The number of halogens is 3. The lowest BCUT2D eigenvalue weighted by Gasteiger charge is -2.29. The SMILES string of the molecule is COCC(C)(C)C1=CC(NOCC(CCC=O)Nc2ccc(C(F)(F)F)cc2)=N1. The molecular weight excluding hydrogens is 387 g/mol. The first-order valence-corrected chi connectivity index (χ1v) is 9.21. The maximum atomic E-state index is 12.7. The van der Waals surface area contributed by atoms with Crippen molar-refractivity contribution in [3.63, 3.8) is 0 Å². The van der Waals surface area contributed by atoms with Crippen LogP contribution >= 0.6 is 0 Å². The van der Waals surface area contributed by atoms with Gasteiger partial charge in [-0.3, -0.25) is 4.84 Å². The van der Waals surface area contributed by atoms with E-state index >= 15 is 0 Å². The van der Waals surface area contributed by atoms with Gasteiger partial charge in [-0.2, -0.15) is 13.2 Å². The summed E-state index contributed by atoms with van der Waals surface area (Å²) in [5.41, 5.74) is 3.24. The second-order valence-electron chi connectivity index (χ2n) is 7.42. The largest absolute Gasteiger partial charge is 0.416 e. The molecule has 0 aromatic heterocycles. The van der Waals surface area contributed by atoms with E-state index in [-0.39, 0.29) is 18.1 Å². The lowest BCUT2D eigenvalue weighted by Crippen LogP contribution is -2.35. The molecule has 160 valence electrons. The summed E-state index contributed by atoms with van der Waals surface area (Å²) in [7, 11) is 1.64. The molecular formula is C20H26F3N3O3. The number of aldehydes is 1. The second kappa shape index (κ2) is 9.89. The van der Waals surface area contributed by atoms with Crippen LogP contribution in [0.2, 0.25) is 0 Å². The molecule has 0 saturated heterocycles. The summed E-state index contributed by atoms with van der Waals surface area (Å²) >= 11 is 0. The van der Waals surface area contributed by atoms with Gasteiger partial charge in [-0.05, 0) is 30.7 Å². The number of anilines is 1. The van der Waals surface area contributed by atoms with E-state index in [9.17, 15) is 18.0 Å². The molecule has 1 heterocycles. The Morgan fingerprint density at radius 1 is 1.21 bits per heavy atom. The number of amidine groups is 1. The van der Waals surface area contributed by atoms with Crippen LogP contribution in [0.1, 0.15) is 32.3 Å². The molecule has 1 aromatic carbocycles. The normalized spacial score (nSPS) is 15.1. The molecule has 1 atom stereocenters. The molecule has 2 rings (SSSR count). The van der Waals surface area contributed by atoms with Crippen LogP contribution < -0.4 is 10.8 Å². The van der Waals surface area contributed by atoms with E-state index in [1.807, 2.05) is 19.9 Å². The van der Waals surface area contributed by atoms with E-state index < -0.39 is 11.7 Å². The van der Waals surface area contributed by atoms with Crippen LogP contribution in [-0.4, -0.2) is 38.5 Å². The minimum Gasteiger partial charge on any atom is -0.384 e. The second-order valence-corrected chi connectivity index (χ2v) is 7.42. The first-order chi connectivity index (χ1) is 13.7. The highest BCUT2D eigenvalue weighted by atomic mass is 19.4. The summed E-state index contributed by atoms with van der Waals surface area (Å²) < 4.78 is 43.2. The summed E-state index contributed by atoms with van der Waals surface area (Å²) in [6, 6.07) is 4.46. The summed E-state index contributed by atoms with van der Waals surface area (Å²) in [4.78, 5) is 20.5. The third-order valence-electron chi connectivity index (χ3n) is 4.39. The lowest BCUT2D eigenvalue weighted by molar-refractivity contribution is -0.137. The standard InChI is InChI=1S/C20H26F3N3O3/c1-19(2,13-28-3)17-11-18(25-17)26-29-12-16(5-4-10-27)24-15-8-6-14(7-9-15)20(21,22)23/h6-11,16,24H,4-5,12-13H2,1-3H3,(H,25,26). The highest BCUT2D eigenvalue weighted by Crippen LogP contribution is 2.31. The van der Waals surface area contributed by atoms with E-state index in [1.165, 1.54) is 12.1 Å². The summed E-state index contributed by atoms with van der Waals surface area (Å²) in [6.45, 7) is 4.78. The number of hydrogen-bond acceptors (Lipinski definition) is 6. The molecule has 29 heavy (non-hydrogen) atoms. The van der Waals surface area contributed by atoms with Gasteiger partial charge in [0.1, 0.15) is 6.29 Å². The molecule has 0 spiro atoms. The maximum absolute atomic E-state index is 12.7. The first kappa shape index (κ1) is 22.9. The molecule has 0 saturated carbocycles. The zero-order valence-electron chi connectivity index (χ0n) is 16.7. The number of hydrogen-bond donors (Lipinski definition) is 2. The minimum absolute atomic E-state index is 0.193. The van der Waals surface area contributed by atoms with E-state index in [0.717, 1.165) is 24.1 Å². The Balaban J connectivity index is 1.84. The number of nitrogens with one attached hydrogen (secondary N) is 2. The number of aliphatic imine (C=N–C) groups is 1.